The number of carboxylic acids is 1. The Morgan fingerprint density at radius 2 is 1.85 bits per heavy atom. The van der Waals surface area contributed by atoms with Crippen LogP contribution in [0.2, 0.25) is 0 Å². The fraction of sp³-hybridized carbons (Fsp3) is 0.467. The monoisotopic (exact) mass is 411 g/mol. The number of benzene rings is 1. The quantitative estimate of drug-likeness (QED) is 0.568. The number of carbonyl (C=O) groups is 2. The summed E-state index contributed by atoms with van der Waals surface area (Å²) in [5.41, 5.74) is 0.0710. The van der Waals surface area contributed by atoms with Crippen LogP contribution in [0.25, 0.3) is 0 Å². The number of nitrogens with zero attached hydrogens (tertiary/aromatic N) is 2. The van der Waals surface area contributed by atoms with Crippen LogP contribution >= 0.6 is 12.4 Å². The van der Waals surface area contributed by atoms with Crippen LogP contribution < -0.4 is 5.32 Å². The number of nitro groups is 1. The zero-order valence-corrected chi connectivity index (χ0v) is 14.8. The Bertz CT molecular complexity index is 714. The van der Waals surface area contributed by atoms with Gasteiger partial charge < -0.3 is 10.4 Å². The van der Waals surface area contributed by atoms with Gasteiger partial charge in [0.1, 0.15) is 0 Å². The number of rotatable bonds is 5. The second-order valence-corrected chi connectivity index (χ2v) is 6.02. The zero-order chi connectivity index (χ0) is 19.6. The van der Waals surface area contributed by atoms with Gasteiger partial charge in [0.25, 0.3) is 5.69 Å². The lowest BCUT2D eigenvalue weighted by molar-refractivity contribution is -0.384. The van der Waals surface area contributed by atoms with E-state index in [-0.39, 0.29) is 23.8 Å². The summed E-state index contributed by atoms with van der Waals surface area (Å²) in [5, 5.41) is 22.0. The summed E-state index contributed by atoms with van der Waals surface area (Å²) in [4.78, 5) is 34.5. The van der Waals surface area contributed by atoms with E-state index in [0.717, 1.165) is 4.90 Å². The van der Waals surface area contributed by atoms with Crippen molar-refractivity contribution in [3.05, 3.63) is 34.4 Å². The first-order chi connectivity index (χ1) is 12.0. The molecular weight excluding hydrogens is 395 g/mol. The summed E-state index contributed by atoms with van der Waals surface area (Å²) >= 11 is 0. The maximum atomic E-state index is 13.0. The third kappa shape index (κ3) is 5.30. The normalized spacial score (nSPS) is 21.2. The summed E-state index contributed by atoms with van der Waals surface area (Å²) in [6, 6.07) is 3.95. The van der Waals surface area contributed by atoms with Crippen LogP contribution in [0, 0.1) is 22.0 Å². The molecule has 2 N–H and O–H groups in total. The van der Waals surface area contributed by atoms with E-state index in [4.69, 9.17) is 5.11 Å². The van der Waals surface area contributed by atoms with E-state index in [1.165, 1.54) is 31.2 Å². The number of halogens is 4. The fourth-order valence-corrected chi connectivity index (χ4v) is 2.81. The number of carbonyl (C=O) groups excluding carboxylic acids is 1. The molecule has 8 nitrogen and oxygen atoms in total. The van der Waals surface area contributed by atoms with Crippen molar-refractivity contribution in [2.45, 2.75) is 19.1 Å². The highest BCUT2D eigenvalue weighted by molar-refractivity contribution is 5.94. The van der Waals surface area contributed by atoms with Crippen molar-refractivity contribution in [2.24, 2.45) is 11.8 Å². The summed E-state index contributed by atoms with van der Waals surface area (Å²) in [6.45, 7) is 0.391. The van der Waals surface area contributed by atoms with Crippen molar-refractivity contribution >= 4 is 35.7 Å². The number of alkyl halides is 3. The lowest BCUT2D eigenvalue weighted by Crippen LogP contribution is -2.41. The standard InChI is InChI=1S/C15H16F3N3O5.ClH/c1-8(13(22)19-9-2-4-10(5-3-9)21(25)26)20-6-11(14(23)24)12(7-20)15(16,17)18;/h2-5,8,11-12H,6-7H2,1H3,(H,19,22)(H,23,24);1H/t8?,11-,12-;/m1./s1. The molecule has 1 saturated heterocycles. The molecule has 1 heterocycles. The first kappa shape index (κ1) is 22.6. The number of nitro benzene ring substituents is 1. The highest BCUT2D eigenvalue weighted by Gasteiger charge is 2.53. The molecule has 150 valence electrons. The van der Waals surface area contributed by atoms with Crippen molar-refractivity contribution in [2.75, 3.05) is 18.4 Å². The van der Waals surface area contributed by atoms with Gasteiger partial charge in [-0.3, -0.25) is 24.6 Å². The second kappa shape index (κ2) is 8.53. The van der Waals surface area contributed by atoms with E-state index in [1.807, 2.05) is 0 Å². The van der Waals surface area contributed by atoms with Crippen LogP contribution in [-0.2, 0) is 9.59 Å². The molecule has 3 atom stereocenters. The lowest BCUT2D eigenvalue weighted by Gasteiger charge is -2.23. The van der Waals surface area contributed by atoms with Gasteiger partial charge in [-0.1, -0.05) is 0 Å². The molecule has 0 spiro atoms. The molecule has 1 aliphatic heterocycles. The molecule has 27 heavy (non-hydrogen) atoms. The van der Waals surface area contributed by atoms with Gasteiger partial charge in [-0.25, -0.2) is 0 Å². The van der Waals surface area contributed by atoms with Gasteiger partial charge in [-0.05, 0) is 19.1 Å². The highest BCUT2D eigenvalue weighted by Crippen LogP contribution is 2.38. The Hall–Kier alpha value is -2.40. The van der Waals surface area contributed by atoms with E-state index < -0.39 is 53.9 Å². The minimum atomic E-state index is -4.67. The second-order valence-electron chi connectivity index (χ2n) is 6.02. The van der Waals surface area contributed by atoms with Crippen LogP contribution in [0.5, 0.6) is 0 Å². The third-order valence-electron chi connectivity index (χ3n) is 4.36. The van der Waals surface area contributed by atoms with E-state index in [1.54, 1.807) is 0 Å². The summed E-state index contributed by atoms with van der Waals surface area (Å²) in [7, 11) is 0. The maximum Gasteiger partial charge on any atom is 0.393 e. The van der Waals surface area contributed by atoms with Crippen LogP contribution in [0.3, 0.4) is 0 Å². The predicted octanol–water partition coefficient (Wildman–Crippen LogP) is 2.54. The highest BCUT2D eigenvalue weighted by atomic mass is 35.5. The number of aliphatic carboxylic acids is 1. The van der Waals surface area contributed by atoms with Crippen LogP contribution in [0.15, 0.2) is 24.3 Å². The van der Waals surface area contributed by atoms with Crippen LogP contribution in [0.4, 0.5) is 24.5 Å². The molecule has 1 aliphatic rings. The molecule has 1 fully saturated rings. The van der Waals surface area contributed by atoms with Gasteiger partial charge >= 0.3 is 12.1 Å². The molecule has 2 rings (SSSR count). The minimum Gasteiger partial charge on any atom is -0.481 e. The number of likely N-dealkylation sites (tertiary alicyclic amines) is 1. The van der Waals surface area contributed by atoms with Gasteiger partial charge in [0.05, 0.1) is 22.8 Å². The predicted molar refractivity (Wildman–Crippen MR) is 90.7 cm³/mol. The van der Waals surface area contributed by atoms with Crippen LogP contribution in [0.1, 0.15) is 6.92 Å². The SMILES string of the molecule is CC(C(=O)Nc1ccc([N+](=O)[O-])cc1)N1C[C@@H](C(F)(F)F)[C@H](C(=O)O)C1.Cl. The van der Waals surface area contributed by atoms with Gasteiger partial charge in [-0.2, -0.15) is 13.2 Å². The largest absolute Gasteiger partial charge is 0.481 e. The Kier molecular flexibility index (Phi) is 7.15. The lowest BCUT2D eigenvalue weighted by atomic mass is 9.96. The molecule has 0 radical (unpaired) electrons. The number of carboxylic acid groups (broad SMARTS) is 1. The first-order valence-electron chi connectivity index (χ1n) is 7.59. The summed E-state index contributed by atoms with van der Waals surface area (Å²) < 4.78 is 39.0. The number of amides is 1. The van der Waals surface area contributed by atoms with Crippen molar-refractivity contribution in [3.8, 4) is 0 Å². The Labute approximate surface area is 157 Å². The van der Waals surface area contributed by atoms with Crippen molar-refractivity contribution in [1.82, 2.24) is 4.90 Å². The Morgan fingerprint density at radius 3 is 2.26 bits per heavy atom. The molecule has 0 aliphatic carbocycles. The van der Waals surface area contributed by atoms with Gasteiger partial charge in [0.2, 0.25) is 5.91 Å². The van der Waals surface area contributed by atoms with Gasteiger partial charge in [0, 0.05) is 30.9 Å². The Balaban J connectivity index is 0.00000364. The molecule has 0 bridgehead atoms. The maximum absolute atomic E-state index is 13.0. The minimum absolute atomic E-state index is 0. The average molecular weight is 412 g/mol. The molecule has 1 amide bonds. The topological polar surface area (TPSA) is 113 Å². The fourth-order valence-electron chi connectivity index (χ4n) is 2.81. The van der Waals surface area contributed by atoms with E-state index in [0.29, 0.717) is 0 Å². The third-order valence-corrected chi connectivity index (χ3v) is 4.36. The molecular formula is C15H17ClF3N3O5. The number of hydrogen-bond acceptors (Lipinski definition) is 5. The Morgan fingerprint density at radius 1 is 1.30 bits per heavy atom. The van der Waals surface area contributed by atoms with E-state index in [2.05, 4.69) is 5.32 Å². The summed E-state index contributed by atoms with van der Waals surface area (Å²) in [5.74, 6) is -5.87. The number of nitrogens with one attached hydrogen (secondary N) is 1. The van der Waals surface area contributed by atoms with E-state index >= 15 is 0 Å². The van der Waals surface area contributed by atoms with Gasteiger partial charge in [0.15, 0.2) is 0 Å². The molecule has 1 aromatic rings. The van der Waals surface area contributed by atoms with Crippen LogP contribution in [-0.4, -0.2) is 52.1 Å². The zero-order valence-electron chi connectivity index (χ0n) is 14.0. The number of hydrogen-bond donors (Lipinski definition) is 2. The van der Waals surface area contributed by atoms with Gasteiger partial charge in [-0.15, -0.1) is 12.4 Å². The smallest absolute Gasteiger partial charge is 0.393 e. The van der Waals surface area contributed by atoms with E-state index in [9.17, 15) is 32.9 Å². The molecule has 1 aromatic carbocycles. The number of non-ortho nitro benzene ring substituents is 1. The number of anilines is 1. The summed E-state index contributed by atoms with van der Waals surface area (Å²) in [6.07, 6.45) is -4.67. The van der Waals surface area contributed by atoms with Crippen molar-refractivity contribution < 1.29 is 32.8 Å². The molecule has 12 heteroatoms. The van der Waals surface area contributed by atoms with Crippen molar-refractivity contribution in [1.29, 1.82) is 0 Å². The molecule has 0 saturated carbocycles. The average Bonchev–Trinajstić information content (AvgIpc) is 3.00. The molecule has 1 unspecified atom stereocenters. The molecule has 0 aromatic heterocycles. The first-order valence-corrected chi connectivity index (χ1v) is 7.59. The van der Waals surface area contributed by atoms with Crippen molar-refractivity contribution in [3.63, 3.8) is 0 Å².